The quantitative estimate of drug-likeness (QED) is 0.843. The van der Waals surface area contributed by atoms with Crippen LogP contribution in [0.5, 0.6) is 0 Å². The number of benzene rings is 1. The van der Waals surface area contributed by atoms with Crippen molar-refractivity contribution in [3.8, 4) is 0 Å². The molecule has 0 spiro atoms. The summed E-state index contributed by atoms with van der Waals surface area (Å²) in [7, 11) is 0. The van der Waals surface area contributed by atoms with Gasteiger partial charge in [-0.1, -0.05) is 26.8 Å². The predicted octanol–water partition coefficient (Wildman–Crippen LogP) is 2.62. The third kappa shape index (κ3) is 3.59. The monoisotopic (exact) mass is 235 g/mol. The van der Waals surface area contributed by atoms with Crippen molar-refractivity contribution in [2.24, 2.45) is 11.8 Å². The standard InChI is InChI=1S/C13H17NO3/c1-8(2)9(3)12(15)14-11-6-4-5-10(7-11)13(16)17/h4-9H,1-3H3,(H,14,15)(H,16,17). The van der Waals surface area contributed by atoms with Gasteiger partial charge in [0.15, 0.2) is 0 Å². The zero-order valence-electron chi connectivity index (χ0n) is 10.2. The molecule has 2 N–H and O–H groups in total. The molecule has 0 aliphatic rings. The highest BCUT2D eigenvalue weighted by Crippen LogP contribution is 2.15. The maximum Gasteiger partial charge on any atom is 0.335 e. The molecule has 0 aliphatic heterocycles. The van der Waals surface area contributed by atoms with Gasteiger partial charge in [0.1, 0.15) is 0 Å². The van der Waals surface area contributed by atoms with Crippen molar-refractivity contribution in [1.82, 2.24) is 0 Å². The van der Waals surface area contributed by atoms with Crippen LogP contribution in [-0.4, -0.2) is 17.0 Å². The van der Waals surface area contributed by atoms with Gasteiger partial charge in [0.25, 0.3) is 0 Å². The average Bonchev–Trinajstić information content (AvgIpc) is 2.28. The van der Waals surface area contributed by atoms with Crippen LogP contribution < -0.4 is 5.32 Å². The van der Waals surface area contributed by atoms with Gasteiger partial charge in [0, 0.05) is 11.6 Å². The molecule has 0 aliphatic carbocycles. The van der Waals surface area contributed by atoms with Crippen molar-refractivity contribution in [1.29, 1.82) is 0 Å². The van der Waals surface area contributed by atoms with Crippen molar-refractivity contribution < 1.29 is 14.7 Å². The number of carbonyl (C=O) groups is 2. The molecule has 0 heterocycles. The molecule has 1 aromatic carbocycles. The van der Waals surface area contributed by atoms with Gasteiger partial charge in [-0.05, 0) is 24.1 Å². The van der Waals surface area contributed by atoms with Crippen LogP contribution >= 0.6 is 0 Å². The molecule has 4 nitrogen and oxygen atoms in total. The van der Waals surface area contributed by atoms with E-state index < -0.39 is 5.97 Å². The van der Waals surface area contributed by atoms with Crippen molar-refractivity contribution in [2.45, 2.75) is 20.8 Å². The second kappa shape index (κ2) is 5.48. The van der Waals surface area contributed by atoms with Crippen molar-refractivity contribution in [2.75, 3.05) is 5.32 Å². The summed E-state index contributed by atoms with van der Waals surface area (Å²) >= 11 is 0. The van der Waals surface area contributed by atoms with Crippen LogP contribution in [0.3, 0.4) is 0 Å². The average molecular weight is 235 g/mol. The van der Waals surface area contributed by atoms with Crippen molar-refractivity contribution >= 4 is 17.6 Å². The lowest BCUT2D eigenvalue weighted by molar-refractivity contribution is -0.120. The van der Waals surface area contributed by atoms with E-state index in [-0.39, 0.29) is 23.3 Å². The van der Waals surface area contributed by atoms with Gasteiger partial charge in [-0.25, -0.2) is 4.79 Å². The van der Waals surface area contributed by atoms with Gasteiger partial charge >= 0.3 is 5.97 Å². The van der Waals surface area contributed by atoms with Gasteiger partial charge < -0.3 is 10.4 Å². The van der Waals surface area contributed by atoms with E-state index in [0.29, 0.717) is 5.69 Å². The SMILES string of the molecule is CC(C)C(C)C(=O)Nc1cccc(C(=O)O)c1. The summed E-state index contributed by atoms with van der Waals surface area (Å²) < 4.78 is 0. The zero-order chi connectivity index (χ0) is 13.0. The summed E-state index contributed by atoms with van der Waals surface area (Å²) in [5, 5.41) is 11.5. The summed E-state index contributed by atoms with van der Waals surface area (Å²) in [6.07, 6.45) is 0. The molecule has 1 unspecified atom stereocenters. The van der Waals surface area contributed by atoms with E-state index >= 15 is 0 Å². The van der Waals surface area contributed by atoms with Crippen LogP contribution in [0.15, 0.2) is 24.3 Å². The Morgan fingerprint density at radius 3 is 2.41 bits per heavy atom. The first kappa shape index (κ1) is 13.2. The molecular formula is C13H17NO3. The third-order valence-electron chi connectivity index (χ3n) is 2.79. The lowest BCUT2D eigenvalue weighted by Gasteiger charge is -2.15. The molecule has 0 radical (unpaired) electrons. The summed E-state index contributed by atoms with van der Waals surface area (Å²) in [6, 6.07) is 6.23. The summed E-state index contributed by atoms with van der Waals surface area (Å²) in [6.45, 7) is 5.79. The number of carboxylic acids is 1. The first-order valence-corrected chi connectivity index (χ1v) is 5.56. The van der Waals surface area contributed by atoms with Gasteiger partial charge in [0.05, 0.1) is 5.56 Å². The Labute approximate surface area is 101 Å². The van der Waals surface area contributed by atoms with Crippen LogP contribution in [0.1, 0.15) is 31.1 Å². The van der Waals surface area contributed by atoms with Gasteiger partial charge in [0.2, 0.25) is 5.91 Å². The minimum absolute atomic E-state index is 0.0949. The number of aromatic carboxylic acids is 1. The Kier molecular flexibility index (Phi) is 4.26. The minimum atomic E-state index is -1.00. The van der Waals surface area contributed by atoms with E-state index in [9.17, 15) is 9.59 Å². The maximum absolute atomic E-state index is 11.8. The fraction of sp³-hybridized carbons (Fsp3) is 0.385. The number of hydrogen-bond donors (Lipinski definition) is 2. The fourth-order valence-corrected chi connectivity index (χ4v) is 1.29. The van der Waals surface area contributed by atoms with E-state index in [2.05, 4.69) is 5.32 Å². The second-order valence-corrected chi connectivity index (χ2v) is 4.41. The number of hydrogen-bond acceptors (Lipinski definition) is 2. The highest BCUT2D eigenvalue weighted by molar-refractivity contribution is 5.94. The van der Waals surface area contributed by atoms with E-state index in [1.807, 2.05) is 20.8 Å². The molecule has 0 bridgehead atoms. The molecule has 0 fully saturated rings. The molecule has 0 aromatic heterocycles. The molecule has 1 aromatic rings. The van der Waals surface area contributed by atoms with E-state index in [1.165, 1.54) is 12.1 Å². The van der Waals surface area contributed by atoms with Crippen molar-refractivity contribution in [3.63, 3.8) is 0 Å². The molecule has 4 heteroatoms. The topological polar surface area (TPSA) is 66.4 Å². The smallest absolute Gasteiger partial charge is 0.335 e. The van der Waals surface area contributed by atoms with Crippen LogP contribution in [0.4, 0.5) is 5.69 Å². The summed E-state index contributed by atoms with van der Waals surface area (Å²) in [5.41, 5.74) is 0.683. The maximum atomic E-state index is 11.8. The highest BCUT2D eigenvalue weighted by Gasteiger charge is 2.16. The molecule has 0 saturated heterocycles. The lowest BCUT2D eigenvalue weighted by Crippen LogP contribution is -2.24. The Hall–Kier alpha value is -1.84. The molecule has 17 heavy (non-hydrogen) atoms. The summed E-state index contributed by atoms with van der Waals surface area (Å²) in [4.78, 5) is 22.5. The number of anilines is 1. The Bertz CT molecular complexity index is 426. The molecular weight excluding hydrogens is 218 g/mol. The van der Waals surface area contributed by atoms with Gasteiger partial charge in [-0.2, -0.15) is 0 Å². The van der Waals surface area contributed by atoms with Crippen molar-refractivity contribution in [3.05, 3.63) is 29.8 Å². The Morgan fingerprint density at radius 1 is 1.24 bits per heavy atom. The number of rotatable bonds is 4. The largest absolute Gasteiger partial charge is 0.478 e. The van der Waals surface area contributed by atoms with E-state index in [1.54, 1.807) is 12.1 Å². The van der Waals surface area contributed by atoms with E-state index in [4.69, 9.17) is 5.11 Å². The zero-order valence-corrected chi connectivity index (χ0v) is 10.2. The first-order valence-electron chi connectivity index (χ1n) is 5.56. The van der Waals surface area contributed by atoms with Gasteiger partial charge in [-0.3, -0.25) is 4.79 Å². The normalized spacial score (nSPS) is 12.2. The van der Waals surface area contributed by atoms with Crippen LogP contribution in [-0.2, 0) is 4.79 Å². The lowest BCUT2D eigenvalue weighted by atomic mass is 9.97. The number of amides is 1. The molecule has 1 atom stereocenters. The molecule has 92 valence electrons. The fourth-order valence-electron chi connectivity index (χ4n) is 1.29. The van der Waals surface area contributed by atoms with Crippen LogP contribution in [0.25, 0.3) is 0 Å². The first-order chi connectivity index (χ1) is 7.91. The summed E-state index contributed by atoms with van der Waals surface area (Å²) in [5.74, 6) is -0.957. The van der Waals surface area contributed by atoms with Crippen LogP contribution in [0, 0.1) is 11.8 Å². The Morgan fingerprint density at radius 2 is 1.88 bits per heavy atom. The molecule has 1 amide bonds. The van der Waals surface area contributed by atoms with Gasteiger partial charge in [-0.15, -0.1) is 0 Å². The molecule has 0 saturated carbocycles. The molecule has 1 rings (SSSR count). The highest BCUT2D eigenvalue weighted by atomic mass is 16.4. The minimum Gasteiger partial charge on any atom is -0.478 e. The van der Waals surface area contributed by atoms with E-state index in [0.717, 1.165) is 0 Å². The number of nitrogens with one attached hydrogen (secondary N) is 1. The number of carbonyl (C=O) groups excluding carboxylic acids is 1. The number of carboxylic acid groups (broad SMARTS) is 1. The predicted molar refractivity (Wildman–Crippen MR) is 66.0 cm³/mol. The third-order valence-corrected chi connectivity index (χ3v) is 2.79. The Balaban J connectivity index is 2.78. The second-order valence-electron chi connectivity index (χ2n) is 4.41. The van der Waals surface area contributed by atoms with Crippen LogP contribution in [0.2, 0.25) is 0 Å².